The van der Waals surface area contributed by atoms with Crippen LogP contribution in [0, 0.1) is 5.92 Å². The molecule has 1 aromatic carbocycles. The van der Waals surface area contributed by atoms with Crippen molar-refractivity contribution in [1.29, 1.82) is 0 Å². The first-order chi connectivity index (χ1) is 9.32. The Morgan fingerprint density at radius 2 is 1.65 bits per heavy atom. The zero-order valence-electron chi connectivity index (χ0n) is 12.3. The second-order valence-electron chi connectivity index (χ2n) is 5.36. The summed E-state index contributed by atoms with van der Waals surface area (Å²) in [4.78, 5) is 24.8. The molecule has 0 saturated heterocycles. The molecule has 2 amide bonds. The van der Waals surface area contributed by atoms with E-state index < -0.39 is 5.91 Å². The molecule has 0 spiro atoms. The van der Waals surface area contributed by atoms with E-state index in [1.807, 2.05) is 0 Å². The zero-order chi connectivity index (χ0) is 15.3. The van der Waals surface area contributed by atoms with Crippen LogP contribution < -0.4 is 11.5 Å². The molecule has 1 rings (SSSR count). The van der Waals surface area contributed by atoms with Crippen molar-refractivity contribution in [2.45, 2.75) is 26.3 Å². The molecule has 20 heavy (non-hydrogen) atoms. The van der Waals surface area contributed by atoms with E-state index >= 15 is 0 Å². The number of carbonyl (C=O) groups is 2. The highest BCUT2D eigenvalue weighted by Gasteiger charge is 2.14. The molecule has 4 N–H and O–H groups in total. The molecule has 5 heteroatoms. The van der Waals surface area contributed by atoms with Gasteiger partial charge in [0.05, 0.1) is 0 Å². The van der Waals surface area contributed by atoms with Crippen LogP contribution in [0.15, 0.2) is 24.3 Å². The van der Waals surface area contributed by atoms with E-state index in [2.05, 4.69) is 13.8 Å². The van der Waals surface area contributed by atoms with Crippen molar-refractivity contribution >= 4 is 11.8 Å². The summed E-state index contributed by atoms with van der Waals surface area (Å²) in [6.45, 7) is 4.74. The smallest absolute Gasteiger partial charge is 0.253 e. The number of nitrogens with zero attached hydrogens (tertiary/aromatic N) is 1. The van der Waals surface area contributed by atoms with E-state index in [9.17, 15) is 9.59 Å². The van der Waals surface area contributed by atoms with Gasteiger partial charge in [-0.2, -0.15) is 0 Å². The Kier molecular flexibility index (Phi) is 5.70. The molecule has 0 aliphatic carbocycles. The van der Waals surface area contributed by atoms with Crippen LogP contribution in [0.1, 0.15) is 41.0 Å². The summed E-state index contributed by atoms with van der Waals surface area (Å²) < 4.78 is 0. The predicted molar refractivity (Wildman–Crippen MR) is 79.4 cm³/mol. The molecule has 0 saturated carbocycles. The quantitative estimate of drug-likeness (QED) is 0.819. The molecular formula is C15H23N3O2. The first-order valence-corrected chi connectivity index (χ1v) is 6.73. The third-order valence-corrected chi connectivity index (χ3v) is 3.42. The molecule has 0 aliphatic rings. The van der Waals surface area contributed by atoms with Crippen LogP contribution in [-0.2, 0) is 0 Å². The summed E-state index contributed by atoms with van der Waals surface area (Å²) in [5.41, 5.74) is 12.1. The Bertz CT molecular complexity index is 469. The summed E-state index contributed by atoms with van der Waals surface area (Å²) in [5, 5.41) is 0. The summed E-state index contributed by atoms with van der Waals surface area (Å²) >= 11 is 0. The van der Waals surface area contributed by atoms with Crippen molar-refractivity contribution in [3.8, 4) is 0 Å². The standard InChI is InChI=1S/C15H23N3O2/c1-10(2)13(16)8-9-18(3)15(20)12-6-4-11(5-7-12)14(17)19/h4-7,10,13H,8-9,16H2,1-3H3,(H2,17,19). The maximum absolute atomic E-state index is 12.2. The van der Waals surface area contributed by atoms with Crippen LogP contribution in [0.4, 0.5) is 0 Å². The lowest BCUT2D eigenvalue weighted by Crippen LogP contribution is -2.34. The highest BCUT2D eigenvalue weighted by atomic mass is 16.2. The van der Waals surface area contributed by atoms with Crippen molar-refractivity contribution in [1.82, 2.24) is 4.90 Å². The molecule has 5 nitrogen and oxygen atoms in total. The Morgan fingerprint density at radius 1 is 1.15 bits per heavy atom. The van der Waals surface area contributed by atoms with E-state index in [0.29, 0.717) is 23.6 Å². The Labute approximate surface area is 119 Å². The fourth-order valence-corrected chi connectivity index (χ4v) is 1.78. The largest absolute Gasteiger partial charge is 0.366 e. The number of primary amides is 1. The van der Waals surface area contributed by atoms with E-state index in [-0.39, 0.29) is 11.9 Å². The van der Waals surface area contributed by atoms with Crippen molar-refractivity contribution in [2.75, 3.05) is 13.6 Å². The number of hydrogen-bond acceptors (Lipinski definition) is 3. The van der Waals surface area contributed by atoms with E-state index in [1.54, 1.807) is 36.2 Å². The first-order valence-electron chi connectivity index (χ1n) is 6.73. The van der Waals surface area contributed by atoms with Gasteiger partial charge < -0.3 is 16.4 Å². The van der Waals surface area contributed by atoms with Crippen LogP contribution in [0.5, 0.6) is 0 Å². The monoisotopic (exact) mass is 277 g/mol. The van der Waals surface area contributed by atoms with Crippen LogP contribution in [0.2, 0.25) is 0 Å². The average molecular weight is 277 g/mol. The highest BCUT2D eigenvalue weighted by Crippen LogP contribution is 2.09. The topological polar surface area (TPSA) is 89.4 Å². The molecule has 1 atom stereocenters. The number of rotatable bonds is 6. The average Bonchev–Trinajstić information content (AvgIpc) is 2.43. The number of amides is 2. The van der Waals surface area contributed by atoms with Gasteiger partial charge in [0, 0.05) is 30.8 Å². The molecule has 1 unspecified atom stereocenters. The third kappa shape index (κ3) is 4.35. The highest BCUT2D eigenvalue weighted by molar-refractivity contribution is 5.97. The zero-order valence-corrected chi connectivity index (χ0v) is 12.3. The molecular weight excluding hydrogens is 254 g/mol. The molecule has 0 aliphatic heterocycles. The normalized spacial score (nSPS) is 12.2. The lowest BCUT2D eigenvalue weighted by atomic mass is 10.0. The minimum atomic E-state index is -0.500. The molecule has 0 aromatic heterocycles. The Balaban J connectivity index is 2.62. The van der Waals surface area contributed by atoms with Gasteiger partial charge in [-0.05, 0) is 36.6 Å². The molecule has 0 fully saturated rings. The Morgan fingerprint density at radius 3 is 2.10 bits per heavy atom. The maximum Gasteiger partial charge on any atom is 0.253 e. The fraction of sp³-hybridized carbons (Fsp3) is 0.467. The minimum Gasteiger partial charge on any atom is -0.366 e. The molecule has 1 aromatic rings. The van der Waals surface area contributed by atoms with Gasteiger partial charge in [-0.3, -0.25) is 9.59 Å². The summed E-state index contributed by atoms with van der Waals surface area (Å²) in [6, 6.07) is 6.43. The van der Waals surface area contributed by atoms with Gasteiger partial charge in [-0.25, -0.2) is 0 Å². The number of carbonyl (C=O) groups excluding carboxylic acids is 2. The molecule has 0 radical (unpaired) electrons. The van der Waals surface area contributed by atoms with E-state index in [1.165, 1.54) is 0 Å². The predicted octanol–water partition coefficient (Wildman–Crippen LogP) is 1.23. The van der Waals surface area contributed by atoms with Gasteiger partial charge in [-0.15, -0.1) is 0 Å². The van der Waals surface area contributed by atoms with Gasteiger partial charge in [0.25, 0.3) is 5.91 Å². The van der Waals surface area contributed by atoms with Crippen LogP contribution in [-0.4, -0.2) is 36.3 Å². The van der Waals surface area contributed by atoms with Gasteiger partial charge in [0.2, 0.25) is 5.91 Å². The molecule has 0 bridgehead atoms. The van der Waals surface area contributed by atoms with Crippen molar-refractivity contribution in [3.05, 3.63) is 35.4 Å². The summed E-state index contributed by atoms with van der Waals surface area (Å²) in [7, 11) is 1.75. The van der Waals surface area contributed by atoms with E-state index in [4.69, 9.17) is 11.5 Å². The number of nitrogens with two attached hydrogens (primary N) is 2. The van der Waals surface area contributed by atoms with Gasteiger partial charge in [0.1, 0.15) is 0 Å². The number of benzene rings is 1. The second-order valence-corrected chi connectivity index (χ2v) is 5.36. The van der Waals surface area contributed by atoms with Gasteiger partial charge in [0.15, 0.2) is 0 Å². The maximum atomic E-state index is 12.2. The minimum absolute atomic E-state index is 0.0856. The molecule has 110 valence electrons. The van der Waals surface area contributed by atoms with Crippen molar-refractivity contribution in [2.24, 2.45) is 17.4 Å². The lowest BCUT2D eigenvalue weighted by molar-refractivity contribution is 0.0788. The van der Waals surface area contributed by atoms with Crippen LogP contribution >= 0.6 is 0 Å². The van der Waals surface area contributed by atoms with Crippen LogP contribution in [0.25, 0.3) is 0 Å². The summed E-state index contributed by atoms with van der Waals surface area (Å²) in [6.07, 6.45) is 0.763. The third-order valence-electron chi connectivity index (χ3n) is 3.42. The van der Waals surface area contributed by atoms with Gasteiger partial charge in [-0.1, -0.05) is 13.8 Å². The van der Waals surface area contributed by atoms with Crippen molar-refractivity contribution in [3.63, 3.8) is 0 Å². The summed E-state index contributed by atoms with van der Waals surface area (Å²) in [5.74, 6) is -0.189. The van der Waals surface area contributed by atoms with Gasteiger partial charge >= 0.3 is 0 Å². The van der Waals surface area contributed by atoms with E-state index in [0.717, 1.165) is 6.42 Å². The van der Waals surface area contributed by atoms with Crippen molar-refractivity contribution < 1.29 is 9.59 Å². The molecule has 0 heterocycles. The SMILES string of the molecule is CC(C)C(N)CCN(C)C(=O)c1ccc(C(N)=O)cc1. The first kappa shape index (κ1) is 16.2. The second kappa shape index (κ2) is 7.05. The fourth-order valence-electron chi connectivity index (χ4n) is 1.78. The van der Waals surface area contributed by atoms with Crippen LogP contribution in [0.3, 0.4) is 0 Å². The Hall–Kier alpha value is -1.88. The number of hydrogen-bond donors (Lipinski definition) is 2. The lowest BCUT2D eigenvalue weighted by Gasteiger charge is -2.21.